The van der Waals surface area contributed by atoms with E-state index in [0.717, 1.165) is 22.5 Å². The second-order valence-corrected chi connectivity index (χ2v) is 11.4. The predicted molar refractivity (Wildman–Crippen MR) is 140 cm³/mol. The van der Waals surface area contributed by atoms with Crippen molar-refractivity contribution < 1.29 is 13.5 Å². The number of rotatable bonds is 8. The van der Waals surface area contributed by atoms with Gasteiger partial charge in [0.1, 0.15) is 19.3 Å². The van der Waals surface area contributed by atoms with Crippen LogP contribution >= 0.6 is 0 Å². The van der Waals surface area contributed by atoms with Crippen LogP contribution in [-0.2, 0) is 23.0 Å². The molecule has 0 spiro atoms. The maximum absolute atomic E-state index is 12.9. The molecule has 1 aliphatic rings. The van der Waals surface area contributed by atoms with E-state index in [0.29, 0.717) is 36.5 Å². The van der Waals surface area contributed by atoms with Gasteiger partial charge in [-0.1, -0.05) is 6.07 Å². The number of nitrogens with one attached hydrogen (secondary N) is 1. The maximum Gasteiger partial charge on any atom is 0.238 e. The zero-order valence-electron chi connectivity index (χ0n) is 20.6. The minimum atomic E-state index is -4.11. The molecule has 0 amide bonds. The molecule has 1 unspecified atom stereocenters. The number of hydrogen-bond donors (Lipinski definition) is 4. The van der Waals surface area contributed by atoms with Crippen molar-refractivity contribution in [2.45, 2.75) is 50.7 Å². The standard InChI is InChI=1S/C25H32N7O3S/c1-17-10-21(23(36(27,34)35)11-18(17)7-8-25(2,3)33)22-14-29-24(26)16-32(22,20-12-30-31-13-20)15-19-6-4-5-9-28-19/h4-6,9-14,33H,7-8,15-16H2,1-3H3,(H2,26,29)(H,30,31)(H2,27,34,35)/q+1. The first-order valence-corrected chi connectivity index (χ1v) is 13.1. The van der Waals surface area contributed by atoms with Gasteiger partial charge in [0.25, 0.3) is 0 Å². The molecular weight excluding hydrogens is 478 g/mol. The number of primary sulfonamides is 1. The molecule has 11 heteroatoms. The number of benzene rings is 1. The first-order chi connectivity index (χ1) is 16.9. The number of nitrogens with two attached hydrogens (primary N) is 2. The third kappa shape index (κ3) is 5.39. The van der Waals surface area contributed by atoms with Crippen LogP contribution in [0, 0.1) is 6.92 Å². The molecule has 0 aliphatic carbocycles. The number of amidine groups is 1. The molecule has 1 atom stereocenters. The number of aliphatic hydroxyl groups is 1. The van der Waals surface area contributed by atoms with E-state index in [2.05, 4.69) is 20.2 Å². The highest BCUT2D eigenvalue weighted by Gasteiger charge is 2.43. The van der Waals surface area contributed by atoms with Gasteiger partial charge in [0.15, 0.2) is 17.2 Å². The number of aromatic nitrogens is 3. The monoisotopic (exact) mass is 510 g/mol. The van der Waals surface area contributed by atoms with Crippen LogP contribution in [0.1, 0.15) is 42.7 Å². The van der Waals surface area contributed by atoms with Crippen molar-refractivity contribution in [3.8, 4) is 0 Å². The van der Waals surface area contributed by atoms with Crippen LogP contribution < -0.4 is 15.4 Å². The van der Waals surface area contributed by atoms with Crippen molar-refractivity contribution in [2.75, 3.05) is 6.54 Å². The van der Waals surface area contributed by atoms with Gasteiger partial charge in [-0.2, -0.15) is 5.10 Å². The second-order valence-electron chi connectivity index (χ2n) is 9.83. The lowest BCUT2D eigenvalue weighted by Crippen LogP contribution is -2.53. The molecule has 1 aromatic carbocycles. The van der Waals surface area contributed by atoms with E-state index in [9.17, 15) is 13.5 Å². The predicted octanol–water partition coefficient (Wildman–Crippen LogP) is 2.34. The zero-order valence-corrected chi connectivity index (χ0v) is 21.5. The van der Waals surface area contributed by atoms with Gasteiger partial charge in [0.05, 0.1) is 34.2 Å². The number of aliphatic imine (C=N–C) groups is 1. The Morgan fingerprint density at radius 2 is 2.03 bits per heavy atom. The second kappa shape index (κ2) is 9.58. The average molecular weight is 511 g/mol. The van der Waals surface area contributed by atoms with Crippen molar-refractivity contribution in [1.29, 1.82) is 0 Å². The van der Waals surface area contributed by atoms with Gasteiger partial charge in [0, 0.05) is 6.20 Å². The summed E-state index contributed by atoms with van der Waals surface area (Å²) in [6, 6.07) is 9.08. The Labute approximate surface area is 211 Å². The Bertz CT molecular complexity index is 1410. The number of quaternary nitrogens is 1. The molecule has 0 saturated heterocycles. The third-order valence-corrected chi connectivity index (χ3v) is 7.36. The van der Waals surface area contributed by atoms with Gasteiger partial charge in [-0.3, -0.25) is 10.1 Å². The fraction of sp³-hybridized carbons (Fsp3) is 0.320. The Morgan fingerprint density at radius 1 is 1.25 bits per heavy atom. The largest absolute Gasteiger partial charge is 0.390 e. The van der Waals surface area contributed by atoms with Crippen LogP contribution in [0.15, 0.2) is 65.0 Å². The smallest absolute Gasteiger partial charge is 0.238 e. The van der Waals surface area contributed by atoms with Crippen molar-refractivity contribution >= 4 is 27.2 Å². The molecule has 36 heavy (non-hydrogen) atoms. The molecule has 10 nitrogen and oxygen atoms in total. The molecule has 2 aromatic heterocycles. The first-order valence-electron chi connectivity index (χ1n) is 11.6. The number of aryl methyl sites for hydroxylation is 2. The maximum atomic E-state index is 12.9. The molecular formula is C25H32N7O3S+. The van der Waals surface area contributed by atoms with Crippen LogP contribution in [0.4, 0.5) is 5.69 Å². The molecule has 0 fully saturated rings. The Kier molecular flexibility index (Phi) is 6.84. The molecule has 0 saturated carbocycles. The molecule has 1 aliphatic heterocycles. The van der Waals surface area contributed by atoms with E-state index in [1.54, 1.807) is 44.7 Å². The Morgan fingerprint density at radius 3 is 2.64 bits per heavy atom. The van der Waals surface area contributed by atoms with Gasteiger partial charge in [-0.15, -0.1) is 0 Å². The molecule has 4 rings (SSSR count). The lowest BCUT2D eigenvalue weighted by Gasteiger charge is -2.39. The summed E-state index contributed by atoms with van der Waals surface area (Å²) < 4.78 is 25.9. The third-order valence-electron chi connectivity index (χ3n) is 6.41. The highest BCUT2D eigenvalue weighted by atomic mass is 32.2. The summed E-state index contributed by atoms with van der Waals surface area (Å²) in [5.74, 6) is 0.395. The highest BCUT2D eigenvalue weighted by molar-refractivity contribution is 7.89. The lowest BCUT2D eigenvalue weighted by molar-refractivity contribution is 0.0713. The molecule has 3 heterocycles. The number of H-pyrrole nitrogens is 1. The van der Waals surface area contributed by atoms with E-state index >= 15 is 0 Å². The fourth-order valence-corrected chi connectivity index (χ4v) is 5.32. The van der Waals surface area contributed by atoms with E-state index < -0.39 is 15.6 Å². The van der Waals surface area contributed by atoms with Gasteiger partial charge < -0.3 is 10.8 Å². The number of hydrogen-bond acceptors (Lipinski definition) is 7. The van der Waals surface area contributed by atoms with Gasteiger partial charge in [0.2, 0.25) is 10.0 Å². The van der Waals surface area contributed by atoms with Gasteiger partial charge in [-0.25, -0.2) is 23.0 Å². The Balaban J connectivity index is 1.94. The topological polar surface area (TPSA) is 160 Å². The number of nitrogens with zero attached hydrogens (tertiary/aromatic N) is 4. The summed E-state index contributed by atoms with van der Waals surface area (Å²) in [4.78, 5) is 8.88. The van der Waals surface area contributed by atoms with Crippen LogP contribution in [0.5, 0.6) is 0 Å². The van der Waals surface area contributed by atoms with Crippen molar-refractivity contribution in [1.82, 2.24) is 19.7 Å². The zero-order chi connectivity index (χ0) is 26.1. The first kappa shape index (κ1) is 25.7. The average Bonchev–Trinajstić information content (AvgIpc) is 3.33. The summed E-state index contributed by atoms with van der Waals surface area (Å²) in [5, 5.41) is 23.0. The molecule has 190 valence electrons. The van der Waals surface area contributed by atoms with Crippen molar-refractivity contribution in [3.05, 3.63) is 77.5 Å². The van der Waals surface area contributed by atoms with Crippen molar-refractivity contribution in [2.24, 2.45) is 15.9 Å². The molecule has 6 N–H and O–H groups in total. The normalized spacial score (nSPS) is 18.6. The summed E-state index contributed by atoms with van der Waals surface area (Å²) in [5.41, 5.74) is 9.64. The van der Waals surface area contributed by atoms with E-state index in [1.165, 1.54) is 0 Å². The summed E-state index contributed by atoms with van der Waals surface area (Å²) >= 11 is 0. The SMILES string of the molecule is Cc1cc(C2=CN=C(N)C[N+]2(Cc2ccccn2)c2cn[nH]c2)c(S(N)(=O)=O)cc1CCC(C)(C)O. The van der Waals surface area contributed by atoms with E-state index in [1.807, 2.05) is 31.2 Å². The Hall–Kier alpha value is -3.38. The van der Waals surface area contributed by atoms with Gasteiger partial charge in [-0.05, 0) is 69.0 Å². The minimum absolute atomic E-state index is 0.00668. The highest BCUT2D eigenvalue weighted by Crippen LogP contribution is 2.41. The summed E-state index contributed by atoms with van der Waals surface area (Å²) in [6.45, 7) is 6.03. The van der Waals surface area contributed by atoms with Crippen LogP contribution in [0.3, 0.4) is 0 Å². The fourth-order valence-electron chi connectivity index (χ4n) is 4.54. The van der Waals surface area contributed by atoms with E-state index in [4.69, 9.17) is 10.9 Å². The molecule has 0 radical (unpaired) electrons. The van der Waals surface area contributed by atoms with E-state index in [-0.39, 0.29) is 15.9 Å². The molecule has 0 bridgehead atoms. The number of aromatic amines is 1. The van der Waals surface area contributed by atoms with Gasteiger partial charge >= 0.3 is 0 Å². The minimum Gasteiger partial charge on any atom is -0.390 e. The van der Waals surface area contributed by atoms with Crippen LogP contribution in [0.25, 0.3) is 5.70 Å². The van der Waals surface area contributed by atoms with Crippen LogP contribution in [0.2, 0.25) is 0 Å². The molecule has 3 aromatic rings. The quantitative estimate of drug-likeness (QED) is 0.340. The van der Waals surface area contributed by atoms with Crippen molar-refractivity contribution in [3.63, 3.8) is 0 Å². The summed E-state index contributed by atoms with van der Waals surface area (Å²) in [6.07, 6.45) is 7.73. The summed E-state index contributed by atoms with van der Waals surface area (Å²) in [7, 11) is -4.11. The lowest BCUT2D eigenvalue weighted by atomic mass is 9.94. The number of pyridine rings is 1. The van der Waals surface area contributed by atoms with Crippen LogP contribution in [-0.4, -0.2) is 46.7 Å². The number of sulfonamides is 1.